The Morgan fingerprint density at radius 2 is 2.00 bits per heavy atom. The number of hydrogen-bond acceptors (Lipinski definition) is 3. The Morgan fingerprint density at radius 1 is 1.21 bits per heavy atom. The molecule has 0 amide bonds. The van der Waals surface area contributed by atoms with E-state index in [4.69, 9.17) is 4.74 Å². The lowest BCUT2D eigenvalue weighted by Gasteiger charge is -2.58. The third-order valence-corrected chi connectivity index (χ3v) is 9.87. The van der Waals surface area contributed by atoms with Crippen LogP contribution in [0.1, 0.15) is 85.0 Å². The summed E-state index contributed by atoms with van der Waals surface area (Å²) in [6.07, 6.45) is 13.6. The SMILES string of the molecule is COC(=O)CC[C@@H](C)C1CCC2C3CC=C4C[C@@H](O)CC[C@]4(C)C3CC[C@@]21C. The summed E-state index contributed by atoms with van der Waals surface area (Å²) >= 11 is 0. The molecule has 0 aromatic rings. The largest absolute Gasteiger partial charge is 0.469 e. The number of esters is 1. The molecule has 0 heterocycles. The zero-order valence-electron chi connectivity index (χ0n) is 18.4. The van der Waals surface area contributed by atoms with Gasteiger partial charge in [0.1, 0.15) is 0 Å². The molecule has 0 aliphatic heterocycles. The number of methoxy groups -OCH3 is 1. The van der Waals surface area contributed by atoms with E-state index in [0.29, 0.717) is 23.2 Å². The van der Waals surface area contributed by atoms with Gasteiger partial charge in [-0.1, -0.05) is 32.4 Å². The van der Waals surface area contributed by atoms with E-state index in [1.54, 1.807) is 5.57 Å². The van der Waals surface area contributed by atoms with Gasteiger partial charge in [-0.25, -0.2) is 0 Å². The Balaban J connectivity index is 1.51. The lowest BCUT2D eigenvalue weighted by molar-refractivity contribution is -0.141. The van der Waals surface area contributed by atoms with Crippen LogP contribution in [0.5, 0.6) is 0 Å². The van der Waals surface area contributed by atoms with Gasteiger partial charge in [-0.15, -0.1) is 0 Å². The van der Waals surface area contributed by atoms with E-state index in [2.05, 4.69) is 26.8 Å². The monoisotopic (exact) mass is 388 g/mol. The van der Waals surface area contributed by atoms with Crippen molar-refractivity contribution >= 4 is 5.97 Å². The van der Waals surface area contributed by atoms with E-state index in [1.807, 2.05) is 0 Å². The van der Waals surface area contributed by atoms with Crippen LogP contribution in [0.2, 0.25) is 0 Å². The number of ether oxygens (including phenoxy) is 1. The van der Waals surface area contributed by atoms with Gasteiger partial charge < -0.3 is 9.84 Å². The van der Waals surface area contributed by atoms with Gasteiger partial charge in [-0.05, 0) is 98.2 Å². The molecule has 0 saturated heterocycles. The molecule has 0 aromatic carbocycles. The molecule has 4 rings (SSSR count). The molecule has 4 aliphatic carbocycles. The predicted molar refractivity (Wildman–Crippen MR) is 112 cm³/mol. The Bertz CT molecular complexity index is 640. The molecule has 3 saturated carbocycles. The Hall–Kier alpha value is -0.830. The van der Waals surface area contributed by atoms with Crippen molar-refractivity contribution in [1.29, 1.82) is 0 Å². The number of carbonyl (C=O) groups is 1. The molecule has 1 N–H and O–H groups in total. The first-order valence-corrected chi connectivity index (χ1v) is 11.7. The van der Waals surface area contributed by atoms with Crippen molar-refractivity contribution in [2.24, 2.45) is 40.4 Å². The molecule has 4 unspecified atom stereocenters. The van der Waals surface area contributed by atoms with Crippen molar-refractivity contribution in [1.82, 2.24) is 0 Å². The van der Waals surface area contributed by atoms with E-state index >= 15 is 0 Å². The van der Waals surface area contributed by atoms with Crippen molar-refractivity contribution in [2.75, 3.05) is 7.11 Å². The maximum absolute atomic E-state index is 11.6. The Labute approximate surface area is 171 Å². The van der Waals surface area contributed by atoms with E-state index < -0.39 is 0 Å². The molecule has 8 atom stereocenters. The van der Waals surface area contributed by atoms with E-state index in [-0.39, 0.29) is 12.1 Å². The highest BCUT2D eigenvalue weighted by atomic mass is 16.5. The average molecular weight is 389 g/mol. The van der Waals surface area contributed by atoms with Crippen molar-refractivity contribution in [3.05, 3.63) is 11.6 Å². The highest BCUT2D eigenvalue weighted by Gasteiger charge is 2.59. The van der Waals surface area contributed by atoms with Crippen molar-refractivity contribution < 1.29 is 14.6 Å². The fourth-order valence-corrected chi connectivity index (χ4v) is 8.27. The zero-order valence-corrected chi connectivity index (χ0v) is 18.4. The first kappa shape index (κ1) is 20.4. The van der Waals surface area contributed by atoms with Crippen LogP contribution >= 0.6 is 0 Å². The number of hydrogen-bond donors (Lipinski definition) is 1. The Kier molecular flexibility index (Phi) is 5.44. The fraction of sp³-hybridized carbons (Fsp3) is 0.880. The second-order valence-corrected chi connectivity index (χ2v) is 11.0. The number of aliphatic hydroxyl groups is 1. The predicted octanol–water partition coefficient (Wildman–Crippen LogP) is 5.52. The number of fused-ring (bicyclic) bond motifs is 5. The van der Waals surface area contributed by atoms with Gasteiger partial charge in [0.2, 0.25) is 0 Å². The number of carbonyl (C=O) groups excluding carboxylic acids is 1. The summed E-state index contributed by atoms with van der Waals surface area (Å²) in [5.74, 6) is 3.74. The molecule has 3 fully saturated rings. The van der Waals surface area contributed by atoms with Gasteiger partial charge in [0.15, 0.2) is 0 Å². The van der Waals surface area contributed by atoms with Crippen LogP contribution in [0.4, 0.5) is 0 Å². The summed E-state index contributed by atoms with van der Waals surface area (Å²) in [5.41, 5.74) is 2.34. The molecular weight excluding hydrogens is 348 g/mol. The van der Waals surface area contributed by atoms with E-state index in [9.17, 15) is 9.90 Å². The molecule has 3 heteroatoms. The van der Waals surface area contributed by atoms with Gasteiger partial charge in [-0.3, -0.25) is 4.79 Å². The molecule has 28 heavy (non-hydrogen) atoms. The van der Waals surface area contributed by atoms with Crippen molar-refractivity contribution in [3.63, 3.8) is 0 Å². The molecule has 0 aromatic heterocycles. The summed E-state index contributed by atoms with van der Waals surface area (Å²) in [7, 11) is 1.50. The third kappa shape index (κ3) is 3.16. The van der Waals surface area contributed by atoms with Crippen LogP contribution in [0, 0.1) is 40.4 Å². The molecular formula is C25H40O3. The van der Waals surface area contributed by atoms with Crippen LogP contribution in [-0.2, 0) is 9.53 Å². The quantitative estimate of drug-likeness (QED) is 0.510. The maximum Gasteiger partial charge on any atom is 0.305 e. The Morgan fingerprint density at radius 3 is 2.75 bits per heavy atom. The average Bonchev–Trinajstić information content (AvgIpc) is 3.03. The van der Waals surface area contributed by atoms with Gasteiger partial charge >= 0.3 is 5.97 Å². The second kappa shape index (κ2) is 7.45. The fourth-order valence-electron chi connectivity index (χ4n) is 8.27. The number of aliphatic hydroxyl groups excluding tert-OH is 1. The smallest absolute Gasteiger partial charge is 0.305 e. The minimum absolute atomic E-state index is 0.0624. The lowest BCUT2D eigenvalue weighted by Crippen LogP contribution is -2.50. The summed E-state index contributed by atoms with van der Waals surface area (Å²) in [6, 6.07) is 0. The van der Waals surface area contributed by atoms with Gasteiger partial charge in [-0.2, -0.15) is 0 Å². The van der Waals surface area contributed by atoms with E-state index in [1.165, 1.54) is 45.6 Å². The third-order valence-electron chi connectivity index (χ3n) is 9.87. The topological polar surface area (TPSA) is 46.5 Å². The first-order chi connectivity index (χ1) is 13.3. The minimum atomic E-state index is -0.115. The number of rotatable bonds is 4. The normalized spacial score (nSPS) is 46.0. The summed E-state index contributed by atoms with van der Waals surface area (Å²) in [5, 5.41) is 10.2. The molecule has 158 valence electrons. The molecule has 0 bridgehead atoms. The highest BCUT2D eigenvalue weighted by molar-refractivity contribution is 5.69. The van der Waals surface area contributed by atoms with E-state index in [0.717, 1.165) is 42.9 Å². The van der Waals surface area contributed by atoms with Gasteiger partial charge in [0, 0.05) is 6.42 Å². The van der Waals surface area contributed by atoms with Gasteiger partial charge in [0.25, 0.3) is 0 Å². The molecule has 0 radical (unpaired) electrons. The molecule has 3 nitrogen and oxygen atoms in total. The first-order valence-electron chi connectivity index (χ1n) is 11.7. The van der Waals surface area contributed by atoms with Crippen LogP contribution in [0.3, 0.4) is 0 Å². The number of allylic oxidation sites excluding steroid dienone is 1. The van der Waals surface area contributed by atoms with Crippen LogP contribution in [0.15, 0.2) is 11.6 Å². The lowest BCUT2D eigenvalue weighted by atomic mass is 9.47. The maximum atomic E-state index is 11.6. The molecule has 0 spiro atoms. The summed E-state index contributed by atoms with van der Waals surface area (Å²) in [6.45, 7) is 7.46. The summed E-state index contributed by atoms with van der Waals surface area (Å²) < 4.78 is 4.87. The standard InChI is InChI=1S/C25H40O3/c1-16(5-10-23(27)28-4)20-8-9-21-19-7-6-17-15-18(26)11-13-24(17,2)22(19)12-14-25(20,21)3/h6,16,18-22,26H,5,7-15H2,1-4H3/t16-,18+,19?,20?,21?,22?,24+,25-/m1/s1. The van der Waals surface area contributed by atoms with Crippen LogP contribution in [-0.4, -0.2) is 24.3 Å². The second-order valence-electron chi connectivity index (χ2n) is 11.0. The highest BCUT2D eigenvalue weighted by Crippen LogP contribution is 2.67. The van der Waals surface area contributed by atoms with Gasteiger partial charge in [0.05, 0.1) is 13.2 Å². The van der Waals surface area contributed by atoms with Crippen molar-refractivity contribution in [3.8, 4) is 0 Å². The zero-order chi connectivity index (χ0) is 20.1. The van der Waals surface area contributed by atoms with Crippen LogP contribution < -0.4 is 0 Å². The van der Waals surface area contributed by atoms with Crippen LogP contribution in [0.25, 0.3) is 0 Å². The van der Waals surface area contributed by atoms with Crippen molar-refractivity contribution in [2.45, 2.75) is 91.1 Å². The summed E-state index contributed by atoms with van der Waals surface area (Å²) in [4.78, 5) is 11.6. The minimum Gasteiger partial charge on any atom is -0.469 e. The molecule has 4 aliphatic rings.